The van der Waals surface area contributed by atoms with Crippen LogP contribution in [0.2, 0.25) is 0 Å². The van der Waals surface area contributed by atoms with Crippen molar-refractivity contribution < 1.29 is 13.2 Å². The van der Waals surface area contributed by atoms with Gasteiger partial charge in [-0.2, -0.15) is 4.72 Å². The van der Waals surface area contributed by atoms with Crippen molar-refractivity contribution in [3.05, 3.63) is 53.0 Å². The van der Waals surface area contributed by atoms with Crippen molar-refractivity contribution in [2.45, 2.75) is 51.5 Å². The van der Waals surface area contributed by atoms with Crippen molar-refractivity contribution in [2.75, 3.05) is 5.32 Å². The molecule has 0 spiro atoms. The summed E-state index contributed by atoms with van der Waals surface area (Å²) in [5.74, 6) is -0.233. The lowest BCUT2D eigenvalue weighted by Gasteiger charge is -2.20. The number of hydrogen-bond donors (Lipinski definition) is 2. The first-order valence-corrected chi connectivity index (χ1v) is 12.3. The van der Waals surface area contributed by atoms with Gasteiger partial charge in [0, 0.05) is 5.69 Å². The minimum Gasteiger partial charge on any atom is -0.325 e. The number of thiazole rings is 1. The van der Waals surface area contributed by atoms with Crippen LogP contribution in [0.4, 0.5) is 5.69 Å². The first-order chi connectivity index (χ1) is 14.2. The van der Waals surface area contributed by atoms with Gasteiger partial charge in [0.1, 0.15) is 6.04 Å². The van der Waals surface area contributed by atoms with Gasteiger partial charge in [-0.15, -0.1) is 11.3 Å². The molecule has 1 atom stereocenters. The van der Waals surface area contributed by atoms with Crippen LogP contribution in [0, 0.1) is 12.8 Å². The van der Waals surface area contributed by atoms with Crippen LogP contribution in [0.25, 0.3) is 10.2 Å². The Balaban J connectivity index is 1.81. The Labute approximate surface area is 181 Å². The summed E-state index contributed by atoms with van der Waals surface area (Å²) < 4.78 is 29.4. The van der Waals surface area contributed by atoms with Crippen LogP contribution in [0.15, 0.2) is 47.4 Å². The molecule has 3 aromatic rings. The molecule has 1 amide bonds. The van der Waals surface area contributed by atoms with Crippen LogP contribution >= 0.6 is 11.3 Å². The summed E-state index contributed by atoms with van der Waals surface area (Å²) in [4.78, 5) is 17.4. The molecule has 1 heterocycles. The zero-order valence-electron chi connectivity index (χ0n) is 17.6. The van der Waals surface area contributed by atoms with Crippen LogP contribution in [0.1, 0.15) is 37.8 Å². The number of nitrogens with one attached hydrogen (secondary N) is 2. The number of aryl methyl sites for hydroxylation is 2. The molecule has 3 rings (SSSR count). The first-order valence-electron chi connectivity index (χ1n) is 9.97. The number of fused-ring (bicyclic) bond motifs is 1. The molecule has 0 fully saturated rings. The monoisotopic (exact) mass is 445 g/mol. The van der Waals surface area contributed by atoms with E-state index in [2.05, 4.69) is 21.9 Å². The van der Waals surface area contributed by atoms with Gasteiger partial charge in [0.15, 0.2) is 0 Å². The van der Waals surface area contributed by atoms with Crippen molar-refractivity contribution >= 4 is 43.2 Å². The summed E-state index contributed by atoms with van der Waals surface area (Å²) >= 11 is 1.44. The molecular formula is C22H27N3O3S2. The van der Waals surface area contributed by atoms with Crippen molar-refractivity contribution in [1.82, 2.24) is 9.71 Å². The van der Waals surface area contributed by atoms with E-state index < -0.39 is 16.1 Å². The van der Waals surface area contributed by atoms with E-state index in [1.807, 2.05) is 45.0 Å². The number of rotatable bonds is 8. The van der Waals surface area contributed by atoms with E-state index in [0.717, 1.165) is 21.6 Å². The molecule has 6 nitrogen and oxygen atoms in total. The molecule has 0 aliphatic heterocycles. The van der Waals surface area contributed by atoms with Gasteiger partial charge in [-0.3, -0.25) is 4.79 Å². The predicted molar refractivity (Wildman–Crippen MR) is 122 cm³/mol. The van der Waals surface area contributed by atoms with Crippen LogP contribution in [-0.4, -0.2) is 25.4 Å². The highest BCUT2D eigenvalue weighted by Gasteiger charge is 2.27. The summed E-state index contributed by atoms with van der Waals surface area (Å²) in [6.07, 6.45) is 1.30. The third-order valence-electron chi connectivity index (χ3n) is 4.73. The highest BCUT2D eigenvalue weighted by molar-refractivity contribution is 7.89. The third-order valence-corrected chi connectivity index (χ3v) is 7.13. The van der Waals surface area contributed by atoms with E-state index >= 15 is 0 Å². The molecule has 1 aromatic heterocycles. The summed E-state index contributed by atoms with van der Waals surface area (Å²) in [6, 6.07) is 11.5. The molecule has 0 aliphatic rings. The van der Waals surface area contributed by atoms with Crippen molar-refractivity contribution in [3.63, 3.8) is 0 Å². The Hall–Kier alpha value is -2.29. The number of amides is 1. The molecular weight excluding hydrogens is 418 g/mol. The van der Waals surface area contributed by atoms with Gasteiger partial charge in [0.05, 0.1) is 20.1 Å². The number of carbonyl (C=O) groups is 1. The molecule has 0 bridgehead atoms. The molecule has 2 aromatic carbocycles. The van der Waals surface area contributed by atoms with Crippen LogP contribution in [0.3, 0.4) is 0 Å². The van der Waals surface area contributed by atoms with Gasteiger partial charge in [-0.05, 0) is 61.6 Å². The highest BCUT2D eigenvalue weighted by Crippen LogP contribution is 2.25. The minimum absolute atomic E-state index is 0.132. The summed E-state index contributed by atoms with van der Waals surface area (Å²) in [5.41, 5.74) is 2.58. The largest absolute Gasteiger partial charge is 0.325 e. The van der Waals surface area contributed by atoms with Crippen LogP contribution in [-0.2, 0) is 21.2 Å². The van der Waals surface area contributed by atoms with E-state index in [1.54, 1.807) is 12.1 Å². The molecule has 30 heavy (non-hydrogen) atoms. The molecule has 8 heteroatoms. The quantitative estimate of drug-likeness (QED) is 0.534. The standard InChI is InChI=1S/C22H27N3O3S2/c1-5-16-6-8-17(9-7-16)24-22(26)20(12-14(2)3)25-30(27,28)18-10-11-19-21(13-18)29-15(4)23-19/h6-11,13-14,20,25H,5,12H2,1-4H3,(H,24,26)/t20-/m1/s1. The molecule has 160 valence electrons. The second kappa shape index (κ2) is 9.24. The highest BCUT2D eigenvalue weighted by atomic mass is 32.2. The predicted octanol–water partition coefficient (Wildman–Crippen LogP) is 4.50. The molecule has 0 saturated carbocycles. The van der Waals surface area contributed by atoms with Crippen LogP contribution in [0.5, 0.6) is 0 Å². The Kier molecular flexibility index (Phi) is 6.90. The van der Waals surface area contributed by atoms with Gasteiger partial charge in [0.25, 0.3) is 0 Å². The van der Waals surface area contributed by atoms with Crippen molar-refractivity contribution in [1.29, 1.82) is 0 Å². The topological polar surface area (TPSA) is 88.2 Å². The Bertz CT molecular complexity index is 1140. The maximum atomic E-state index is 13.0. The van der Waals surface area contributed by atoms with Crippen LogP contribution < -0.4 is 10.0 Å². The van der Waals surface area contributed by atoms with Crippen molar-refractivity contribution in [2.24, 2.45) is 5.92 Å². The first kappa shape index (κ1) is 22.4. The fourth-order valence-electron chi connectivity index (χ4n) is 3.18. The van der Waals surface area contributed by atoms with Crippen molar-refractivity contribution in [3.8, 4) is 0 Å². The smallest absolute Gasteiger partial charge is 0.242 e. The van der Waals surface area contributed by atoms with E-state index in [0.29, 0.717) is 12.1 Å². The molecule has 0 aliphatic carbocycles. The van der Waals surface area contributed by atoms with E-state index in [9.17, 15) is 13.2 Å². The third kappa shape index (κ3) is 5.44. The Morgan fingerprint density at radius 2 is 1.83 bits per heavy atom. The fourth-order valence-corrected chi connectivity index (χ4v) is 5.35. The average Bonchev–Trinajstić information content (AvgIpc) is 3.06. The number of carbonyl (C=O) groups excluding carboxylic acids is 1. The maximum Gasteiger partial charge on any atom is 0.242 e. The normalized spacial score (nSPS) is 13.0. The maximum absolute atomic E-state index is 13.0. The number of anilines is 1. The lowest BCUT2D eigenvalue weighted by molar-refractivity contribution is -0.118. The van der Waals surface area contributed by atoms with Gasteiger partial charge >= 0.3 is 0 Å². The second-order valence-corrected chi connectivity index (χ2v) is 10.7. The second-order valence-electron chi connectivity index (χ2n) is 7.71. The average molecular weight is 446 g/mol. The summed E-state index contributed by atoms with van der Waals surface area (Å²) in [6.45, 7) is 7.85. The molecule has 2 N–H and O–H groups in total. The van der Waals surface area contributed by atoms with Gasteiger partial charge in [-0.1, -0.05) is 32.9 Å². The van der Waals surface area contributed by atoms with Gasteiger partial charge in [0.2, 0.25) is 15.9 Å². The summed E-state index contributed by atoms with van der Waals surface area (Å²) in [7, 11) is -3.87. The van der Waals surface area contributed by atoms with E-state index in [4.69, 9.17) is 0 Å². The lowest BCUT2D eigenvalue weighted by atomic mass is 10.0. The van der Waals surface area contributed by atoms with Gasteiger partial charge < -0.3 is 5.32 Å². The van der Waals surface area contributed by atoms with Gasteiger partial charge in [-0.25, -0.2) is 13.4 Å². The summed E-state index contributed by atoms with van der Waals surface area (Å²) in [5, 5.41) is 3.71. The number of nitrogens with zero attached hydrogens (tertiary/aromatic N) is 1. The molecule has 0 unspecified atom stereocenters. The van der Waals surface area contributed by atoms with E-state index in [-0.39, 0.29) is 16.7 Å². The Morgan fingerprint density at radius 1 is 1.13 bits per heavy atom. The molecule has 0 saturated heterocycles. The minimum atomic E-state index is -3.87. The number of aromatic nitrogens is 1. The fraction of sp³-hybridized carbons (Fsp3) is 0.364. The van der Waals surface area contributed by atoms with E-state index in [1.165, 1.54) is 23.0 Å². The zero-order valence-corrected chi connectivity index (χ0v) is 19.2. The lowest BCUT2D eigenvalue weighted by Crippen LogP contribution is -2.44. The molecule has 0 radical (unpaired) electrons. The zero-order chi connectivity index (χ0) is 21.9. The number of hydrogen-bond acceptors (Lipinski definition) is 5. The Morgan fingerprint density at radius 3 is 2.47 bits per heavy atom. The number of sulfonamides is 1. The SMILES string of the molecule is CCc1ccc(NC(=O)[C@@H](CC(C)C)NS(=O)(=O)c2ccc3nc(C)sc3c2)cc1. The number of benzene rings is 2.